The van der Waals surface area contributed by atoms with Gasteiger partial charge in [0.1, 0.15) is 0 Å². The molecule has 0 radical (unpaired) electrons. The van der Waals surface area contributed by atoms with Crippen LogP contribution >= 0.6 is 11.6 Å². The lowest BCUT2D eigenvalue weighted by atomic mass is 9.93. The van der Waals surface area contributed by atoms with Crippen LogP contribution in [0, 0.1) is 0 Å². The second-order valence-electron chi connectivity index (χ2n) is 4.71. The van der Waals surface area contributed by atoms with Gasteiger partial charge in [0, 0.05) is 30.2 Å². The van der Waals surface area contributed by atoms with E-state index in [-0.39, 0.29) is 0 Å². The quantitative estimate of drug-likeness (QED) is 0.879. The van der Waals surface area contributed by atoms with Crippen molar-refractivity contribution in [3.63, 3.8) is 0 Å². The van der Waals surface area contributed by atoms with E-state index in [1.807, 2.05) is 30.1 Å². The van der Waals surface area contributed by atoms with Gasteiger partial charge in [-0.25, -0.2) is 0 Å². The van der Waals surface area contributed by atoms with Gasteiger partial charge in [-0.2, -0.15) is 5.10 Å². The zero-order chi connectivity index (χ0) is 13.7. The first kappa shape index (κ1) is 14.1. The maximum absolute atomic E-state index is 5.95. The monoisotopic (exact) mass is 277 g/mol. The topological polar surface area (TPSA) is 29.9 Å². The van der Waals surface area contributed by atoms with Crippen LogP contribution in [0.3, 0.4) is 0 Å². The Morgan fingerprint density at radius 2 is 2.05 bits per heavy atom. The summed E-state index contributed by atoms with van der Waals surface area (Å²) in [6.07, 6.45) is 5.07. The van der Waals surface area contributed by atoms with Crippen molar-refractivity contribution in [2.45, 2.75) is 25.8 Å². The van der Waals surface area contributed by atoms with Crippen LogP contribution in [0.2, 0.25) is 5.02 Å². The molecule has 4 heteroatoms. The number of likely N-dealkylation sites (N-methyl/N-ethyl adjacent to an activating group) is 1. The maximum atomic E-state index is 5.95. The molecule has 0 aliphatic carbocycles. The molecule has 0 bridgehead atoms. The number of nitrogens with one attached hydrogen (secondary N) is 1. The molecule has 102 valence electrons. The third kappa shape index (κ3) is 3.82. The van der Waals surface area contributed by atoms with Crippen LogP contribution in [0.25, 0.3) is 0 Å². The Labute approximate surface area is 119 Å². The third-order valence-electron chi connectivity index (χ3n) is 3.28. The Bertz CT molecular complexity index is 504. The van der Waals surface area contributed by atoms with Gasteiger partial charge in [-0.15, -0.1) is 0 Å². The SMILES string of the molecule is CCn1cc(CC(CNC)c2ccc(Cl)cc2)cn1. The molecule has 1 aromatic heterocycles. The predicted octanol–water partition coefficient (Wildman–Crippen LogP) is 3.10. The molecule has 1 N–H and O–H groups in total. The molecule has 0 aliphatic rings. The van der Waals surface area contributed by atoms with E-state index in [9.17, 15) is 0 Å². The summed E-state index contributed by atoms with van der Waals surface area (Å²) in [6, 6.07) is 8.12. The lowest BCUT2D eigenvalue weighted by molar-refractivity contribution is 0.623. The molecule has 1 unspecified atom stereocenters. The fraction of sp³-hybridized carbons (Fsp3) is 0.400. The molecule has 0 aliphatic heterocycles. The van der Waals surface area contributed by atoms with E-state index < -0.39 is 0 Å². The molecule has 1 heterocycles. The van der Waals surface area contributed by atoms with E-state index in [1.165, 1.54) is 11.1 Å². The smallest absolute Gasteiger partial charge is 0.0521 e. The van der Waals surface area contributed by atoms with Crippen LogP contribution in [-0.2, 0) is 13.0 Å². The Hall–Kier alpha value is -1.32. The predicted molar refractivity (Wildman–Crippen MR) is 79.7 cm³/mol. The summed E-state index contributed by atoms with van der Waals surface area (Å²) < 4.78 is 1.97. The molecular weight excluding hydrogens is 258 g/mol. The minimum absolute atomic E-state index is 0.441. The summed E-state index contributed by atoms with van der Waals surface area (Å²) in [6.45, 7) is 3.96. The van der Waals surface area contributed by atoms with Crippen LogP contribution < -0.4 is 5.32 Å². The fourth-order valence-corrected chi connectivity index (χ4v) is 2.38. The summed E-state index contributed by atoms with van der Waals surface area (Å²) >= 11 is 5.95. The minimum Gasteiger partial charge on any atom is -0.319 e. The Kier molecular flexibility index (Phi) is 5.00. The lowest BCUT2D eigenvalue weighted by Crippen LogP contribution is -2.19. The van der Waals surface area contributed by atoms with Gasteiger partial charge >= 0.3 is 0 Å². The van der Waals surface area contributed by atoms with Crippen molar-refractivity contribution in [1.82, 2.24) is 15.1 Å². The van der Waals surface area contributed by atoms with Crippen molar-refractivity contribution < 1.29 is 0 Å². The van der Waals surface area contributed by atoms with Crippen LogP contribution in [0.15, 0.2) is 36.7 Å². The van der Waals surface area contributed by atoms with Crippen LogP contribution in [0.5, 0.6) is 0 Å². The number of aromatic nitrogens is 2. The average Bonchev–Trinajstić information content (AvgIpc) is 2.87. The zero-order valence-corrected chi connectivity index (χ0v) is 12.2. The molecule has 0 saturated heterocycles. The summed E-state index contributed by atoms with van der Waals surface area (Å²) in [5, 5.41) is 8.38. The summed E-state index contributed by atoms with van der Waals surface area (Å²) in [5.74, 6) is 0.441. The van der Waals surface area contributed by atoms with Crippen LogP contribution in [0.1, 0.15) is 24.0 Å². The molecule has 2 aromatic rings. The largest absolute Gasteiger partial charge is 0.319 e. The van der Waals surface area contributed by atoms with Crippen molar-refractivity contribution in [2.75, 3.05) is 13.6 Å². The number of nitrogens with zero attached hydrogens (tertiary/aromatic N) is 2. The summed E-state index contributed by atoms with van der Waals surface area (Å²) in [4.78, 5) is 0. The highest BCUT2D eigenvalue weighted by Gasteiger charge is 2.12. The van der Waals surface area contributed by atoms with Crippen molar-refractivity contribution in [3.8, 4) is 0 Å². The van der Waals surface area contributed by atoms with Crippen molar-refractivity contribution in [2.24, 2.45) is 0 Å². The Morgan fingerprint density at radius 3 is 2.63 bits per heavy atom. The third-order valence-corrected chi connectivity index (χ3v) is 3.54. The number of hydrogen-bond acceptors (Lipinski definition) is 2. The van der Waals surface area contributed by atoms with Crippen LogP contribution in [-0.4, -0.2) is 23.4 Å². The van der Waals surface area contributed by atoms with Gasteiger partial charge < -0.3 is 5.32 Å². The van der Waals surface area contributed by atoms with Crippen molar-refractivity contribution in [3.05, 3.63) is 52.8 Å². The second-order valence-corrected chi connectivity index (χ2v) is 5.15. The first-order chi connectivity index (χ1) is 9.22. The minimum atomic E-state index is 0.441. The summed E-state index contributed by atoms with van der Waals surface area (Å²) in [7, 11) is 1.98. The zero-order valence-electron chi connectivity index (χ0n) is 11.4. The van der Waals surface area contributed by atoms with Gasteiger partial charge in [-0.3, -0.25) is 4.68 Å². The number of hydrogen-bond donors (Lipinski definition) is 1. The lowest BCUT2D eigenvalue weighted by Gasteiger charge is -2.16. The fourth-order valence-electron chi connectivity index (χ4n) is 2.26. The Balaban J connectivity index is 2.13. The number of rotatable bonds is 6. The number of halogens is 1. The molecule has 1 atom stereocenters. The molecule has 2 rings (SSSR count). The second kappa shape index (κ2) is 6.73. The standard InChI is InChI=1S/C15H20ClN3/c1-3-19-11-12(9-18-19)8-14(10-17-2)13-4-6-15(16)7-5-13/h4-7,9,11,14,17H,3,8,10H2,1-2H3. The van der Waals surface area contributed by atoms with Gasteiger partial charge in [0.25, 0.3) is 0 Å². The highest BCUT2D eigenvalue weighted by molar-refractivity contribution is 6.30. The van der Waals surface area contributed by atoms with Gasteiger partial charge in [0.2, 0.25) is 0 Å². The number of aryl methyl sites for hydroxylation is 1. The van der Waals surface area contributed by atoms with E-state index in [2.05, 4.69) is 35.7 Å². The van der Waals surface area contributed by atoms with Crippen molar-refractivity contribution >= 4 is 11.6 Å². The van der Waals surface area contributed by atoms with E-state index in [0.717, 1.165) is 24.5 Å². The Morgan fingerprint density at radius 1 is 1.32 bits per heavy atom. The summed E-state index contributed by atoms with van der Waals surface area (Å²) in [5.41, 5.74) is 2.58. The van der Waals surface area contributed by atoms with Gasteiger partial charge in [0.15, 0.2) is 0 Å². The molecule has 0 spiro atoms. The molecule has 1 aromatic carbocycles. The highest BCUT2D eigenvalue weighted by atomic mass is 35.5. The highest BCUT2D eigenvalue weighted by Crippen LogP contribution is 2.22. The van der Waals surface area contributed by atoms with E-state index in [4.69, 9.17) is 11.6 Å². The maximum Gasteiger partial charge on any atom is 0.0521 e. The van der Waals surface area contributed by atoms with E-state index in [1.54, 1.807) is 0 Å². The first-order valence-electron chi connectivity index (χ1n) is 6.64. The normalized spacial score (nSPS) is 12.6. The van der Waals surface area contributed by atoms with Crippen molar-refractivity contribution in [1.29, 1.82) is 0 Å². The van der Waals surface area contributed by atoms with Gasteiger partial charge in [-0.1, -0.05) is 23.7 Å². The van der Waals surface area contributed by atoms with Gasteiger partial charge in [-0.05, 0) is 43.7 Å². The van der Waals surface area contributed by atoms with Crippen LogP contribution in [0.4, 0.5) is 0 Å². The molecule has 0 saturated carbocycles. The molecule has 19 heavy (non-hydrogen) atoms. The molecule has 0 amide bonds. The molecule has 3 nitrogen and oxygen atoms in total. The molecular formula is C15H20ClN3. The van der Waals surface area contributed by atoms with E-state index >= 15 is 0 Å². The average molecular weight is 278 g/mol. The number of benzene rings is 1. The van der Waals surface area contributed by atoms with Gasteiger partial charge in [0.05, 0.1) is 6.20 Å². The molecule has 0 fully saturated rings. The first-order valence-corrected chi connectivity index (χ1v) is 7.02. The van der Waals surface area contributed by atoms with E-state index in [0.29, 0.717) is 5.92 Å².